The quantitative estimate of drug-likeness (QED) is 0.280. The molecular formula is C10H11N7O2S. The number of aromatic nitrogens is 4. The Kier molecular flexibility index (Phi) is 4.05. The largest absolute Gasteiger partial charge is 0.322 e. The van der Waals surface area contributed by atoms with Gasteiger partial charge in [-0.15, -0.1) is 0 Å². The fraction of sp³-hybridized carbons (Fsp3) is 0.200. The third-order valence-electron chi connectivity index (χ3n) is 2.28. The third kappa shape index (κ3) is 2.97. The maximum atomic E-state index is 11.1. The fourth-order valence-electron chi connectivity index (χ4n) is 1.41. The number of rotatable bonds is 4. The van der Waals surface area contributed by atoms with E-state index in [4.69, 9.17) is 5.84 Å². The van der Waals surface area contributed by atoms with Crippen LogP contribution in [-0.4, -0.2) is 24.9 Å². The van der Waals surface area contributed by atoms with E-state index in [0.29, 0.717) is 5.16 Å². The minimum Gasteiger partial charge on any atom is -0.292 e. The Morgan fingerprint density at radius 1 is 1.30 bits per heavy atom. The van der Waals surface area contributed by atoms with E-state index in [-0.39, 0.29) is 22.4 Å². The predicted molar refractivity (Wildman–Crippen MR) is 72.1 cm³/mol. The Hall–Kier alpha value is -2.33. The lowest BCUT2D eigenvalue weighted by Gasteiger charge is -2.05. The van der Waals surface area contributed by atoms with Crippen LogP contribution in [0.5, 0.6) is 0 Å². The summed E-state index contributed by atoms with van der Waals surface area (Å²) >= 11 is 0.984. The van der Waals surface area contributed by atoms with Gasteiger partial charge in [-0.3, -0.25) is 15.5 Å². The summed E-state index contributed by atoms with van der Waals surface area (Å²) in [6.45, 7) is 3.36. The van der Waals surface area contributed by atoms with Crippen LogP contribution in [0.1, 0.15) is 11.3 Å². The van der Waals surface area contributed by atoms with Crippen molar-refractivity contribution >= 4 is 23.4 Å². The number of aryl methyl sites for hydroxylation is 2. The zero-order valence-electron chi connectivity index (χ0n) is 10.7. The second kappa shape index (κ2) is 5.75. The van der Waals surface area contributed by atoms with Crippen molar-refractivity contribution in [3.8, 4) is 0 Å². The highest BCUT2D eigenvalue weighted by Gasteiger charge is 2.23. The maximum absolute atomic E-state index is 11.1. The molecule has 0 radical (unpaired) electrons. The summed E-state index contributed by atoms with van der Waals surface area (Å²) in [7, 11) is 0. The van der Waals surface area contributed by atoms with Crippen LogP contribution in [0.3, 0.4) is 0 Å². The molecule has 20 heavy (non-hydrogen) atoms. The van der Waals surface area contributed by atoms with Crippen molar-refractivity contribution in [2.45, 2.75) is 24.0 Å². The Balaban J connectivity index is 2.45. The molecule has 0 aromatic carbocycles. The first-order chi connectivity index (χ1) is 9.51. The van der Waals surface area contributed by atoms with Crippen molar-refractivity contribution < 1.29 is 4.92 Å². The number of hydrogen-bond acceptors (Lipinski definition) is 9. The SMILES string of the molecule is Cc1cnc(Sc2nc(NN)nc(C)c2[N+](=O)[O-])nc1. The first-order valence-electron chi connectivity index (χ1n) is 5.47. The number of hydrogen-bond donors (Lipinski definition) is 2. The molecule has 3 N–H and O–H groups in total. The number of nitrogens with two attached hydrogens (primary N) is 1. The topological polar surface area (TPSA) is 133 Å². The van der Waals surface area contributed by atoms with E-state index in [1.807, 2.05) is 6.92 Å². The van der Waals surface area contributed by atoms with Crippen LogP contribution in [0.15, 0.2) is 22.6 Å². The van der Waals surface area contributed by atoms with Gasteiger partial charge in [-0.05, 0) is 31.2 Å². The van der Waals surface area contributed by atoms with E-state index in [0.717, 1.165) is 17.3 Å². The summed E-state index contributed by atoms with van der Waals surface area (Å²) in [5.41, 5.74) is 3.20. The smallest absolute Gasteiger partial charge is 0.292 e. The normalized spacial score (nSPS) is 10.3. The molecule has 0 amide bonds. The summed E-state index contributed by atoms with van der Waals surface area (Å²) in [5, 5.41) is 11.6. The first kappa shape index (κ1) is 14.1. The van der Waals surface area contributed by atoms with Gasteiger partial charge in [0.1, 0.15) is 5.69 Å². The lowest BCUT2D eigenvalue weighted by atomic mass is 10.4. The molecule has 0 aliphatic carbocycles. The first-order valence-corrected chi connectivity index (χ1v) is 6.29. The summed E-state index contributed by atoms with van der Waals surface area (Å²) in [6.07, 6.45) is 3.24. The van der Waals surface area contributed by atoms with Crippen LogP contribution in [0.4, 0.5) is 11.6 Å². The van der Waals surface area contributed by atoms with E-state index in [1.54, 1.807) is 12.4 Å². The Morgan fingerprint density at radius 2 is 1.95 bits per heavy atom. The van der Waals surface area contributed by atoms with Gasteiger partial charge in [0.25, 0.3) is 0 Å². The summed E-state index contributed by atoms with van der Waals surface area (Å²) in [4.78, 5) is 26.6. The molecule has 10 heteroatoms. The predicted octanol–water partition coefficient (Wildman–Crippen LogP) is 1.23. The second-order valence-corrected chi connectivity index (χ2v) is 4.79. The number of hydrazine groups is 1. The number of nitrogens with zero attached hydrogens (tertiary/aromatic N) is 5. The van der Waals surface area contributed by atoms with Gasteiger partial charge in [-0.1, -0.05) is 0 Å². The van der Waals surface area contributed by atoms with E-state index in [9.17, 15) is 10.1 Å². The molecule has 0 saturated heterocycles. The highest BCUT2D eigenvalue weighted by molar-refractivity contribution is 7.99. The summed E-state index contributed by atoms with van der Waals surface area (Å²) in [5.74, 6) is 5.34. The van der Waals surface area contributed by atoms with Gasteiger partial charge in [0.05, 0.1) is 4.92 Å². The molecule has 0 fully saturated rings. The summed E-state index contributed by atoms with van der Waals surface area (Å²) in [6, 6.07) is 0. The molecule has 0 atom stereocenters. The Labute approximate surface area is 118 Å². The Bertz CT molecular complexity index is 647. The van der Waals surface area contributed by atoms with Crippen molar-refractivity contribution in [1.29, 1.82) is 0 Å². The van der Waals surface area contributed by atoms with Crippen LogP contribution in [0.2, 0.25) is 0 Å². The standard InChI is InChI=1S/C10H11N7O2S/c1-5-3-12-10(13-4-5)20-8-7(17(18)19)6(2)14-9(15-8)16-11/h3-4H,11H2,1-2H3,(H,14,15,16). The van der Waals surface area contributed by atoms with Gasteiger partial charge in [-0.25, -0.2) is 20.8 Å². The molecule has 0 spiro atoms. The zero-order chi connectivity index (χ0) is 14.7. The van der Waals surface area contributed by atoms with E-state index in [2.05, 4.69) is 25.4 Å². The summed E-state index contributed by atoms with van der Waals surface area (Å²) < 4.78 is 0. The zero-order valence-corrected chi connectivity index (χ0v) is 11.5. The number of anilines is 1. The van der Waals surface area contributed by atoms with Gasteiger partial charge in [0.2, 0.25) is 5.95 Å². The number of nitrogen functional groups attached to an aromatic ring is 1. The number of nitro groups is 1. The Morgan fingerprint density at radius 3 is 2.50 bits per heavy atom. The molecular weight excluding hydrogens is 282 g/mol. The van der Waals surface area contributed by atoms with E-state index in [1.165, 1.54) is 6.92 Å². The van der Waals surface area contributed by atoms with Crippen LogP contribution in [0, 0.1) is 24.0 Å². The molecule has 104 valence electrons. The third-order valence-corrected chi connectivity index (χ3v) is 3.15. The molecule has 2 aromatic rings. The van der Waals surface area contributed by atoms with Crippen molar-refractivity contribution in [3.05, 3.63) is 33.8 Å². The van der Waals surface area contributed by atoms with E-state index < -0.39 is 4.92 Å². The molecule has 0 saturated carbocycles. The molecule has 2 heterocycles. The lowest BCUT2D eigenvalue weighted by molar-refractivity contribution is -0.389. The van der Waals surface area contributed by atoms with Gasteiger partial charge in [-0.2, -0.15) is 4.98 Å². The molecule has 0 aliphatic rings. The molecule has 2 aromatic heterocycles. The number of nitrogens with one attached hydrogen (secondary N) is 1. The van der Waals surface area contributed by atoms with Crippen molar-refractivity contribution in [1.82, 2.24) is 19.9 Å². The van der Waals surface area contributed by atoms with Crippen LogP contribution in [-0.2, 0) is 0 Å². The molecule has 0 bridgehead atoms. The van der Waals surface area contributed by atoms with Crippen molar-refractivity contribution in [2.75, 3.05) is 5.43 Å². The van der Waals surface area contributed by atoms with Gasteiger partial charge >= 0.3 is 5.69 Å². The lowest BCUT2D eigenvalue weighted by Crippen LogP contribution is -2.12. The van der Waals surface area contributed by atoms with Gasteiger partial charge < -0.3 is 0 Å². The highest BCUT2D eigenvalue weighted by Crippen LogP contribution is 2.33. The highest BCUT2D eigenvalue weighted by atomic mass is 32.2. The maximum Gasteiger partial charge on any atom is 0.322 e. The van der Waals surface area contributed by atoms with Crippen LogP contribution >= 0.6 is 11.8 Å². The minimum absolute atomic E-state index is 0.0997. The van der Waals surface area contributed by atoms with Crippen molar-refractivity contribution in [3.63, 3.8) is 0 Å². The van der Waals surface area contributed by atoms with Gasteiger partial charge in [0.15, 0.2) is 10.2 Å². The van der Waals surface area contributed by atoms with Crippen LogP contribution < -0.4 is 11.3 Å². The van der Waals surface area contributed by atoms with Crippen LogP contribution in [0.25, 0.3) is 0 Å². The molecule has 2 rings (SSSR count). The average molecular weight is 293 g/mol. The minimum atomic E-state index is -0.536. The molecule has 0 unspecified atom stereocenters. The second-order valence-electron chi connectivity index (χ2n) is 3.83. The fourth-order valence-corrected chi connectivity index (χ4v) is 2.24. The van der Waals surface area contributed by atoms with Gasteiger partial charge in [0, 0.05) is 12.4 Å². The molecule has 9 nitrogen and oxygen atoms in total. The molecule has 0 aliphatic heterocycles. The average Bonchev–Trinajstić information content (AvgIpc) is 2.40. The van der Waals surface area contributed by atoms with E-state index >= 15 is 0 Å². The monoisotopic (exact) mass is 293 g/mol. The van der Waals surface area contributed by atoms with Crippen molar-refractivity contribution in [2.24, 2.45) is 5.84 Å².